The third-order valence-electron chi connectivity index (χ3n) is 2.69. The van der Waals surface area contributed by atoms with Gasteiger partial charge in [0.15, 0.2) is 0 Å². The first-order chi connectivity index (χ1) is 7.61. The molecule has 2 heterocycles. The van der Waals surface area contributed by atoms with E-state index in [1.165, 1.54) is 0 Å². The molecular weight excluding hydrogens is 202 g/mol. The Bertz CT molecular complexity index is 502. The highest BCUT2D eigenvalue weighted by atomic mass is 15.3. The maximum atomic E-state index is 5.62. The lowest BCUT2D eigenvalue weighted by molar-refractivity contribution is 0.569. The van der Waals surface area contributed by atoms with Gasteiger partial charge < -0.3 is 5.73 Å². The number of rotatable bonds is 3. The van der Waals surface area contributed by atoms with Crippen LogP contribution in [0.1, 0.15) is 24.1 Å². The Morgan fingerprint density at radius 3 is 2.81 bits per heavy atom. The molecule has 0 saturated carbocycles. The Morgan fingerprint density at radius 2 is 2.12 bits per heavy atom. The van der Waals surface area contributed by atoms with Crippen LogP contribution in [0.2, 0.25) is 0 Å². The lowest BCUT2D eigenvalue weighted by atomic mass is 10.1. The van der Waals surface area contributed by atoms with Crippen molar-refractivity contribution in [2.75, 3.05) is 6.54 Å². The van der Waals surface area contributed by atoms with E-state index in [-0.39, 0.29) is 0 Å². The van der Waals surface area contributed by atoms with Gasteiger partial charge >= 0.3 is 0 Å². The minimum Gasteiger partial charge on any atom is -0.330 e. The number of hydrogen-bond donors (Lipinski definition) is 1. The summed E-state index contributed by atoms with van der Waals surface area (Å²) in [6.07, 6.45) is 0.837. The molecule has 0 aromatic carbocycles. The van der Waals surface area contributed by atoms with Crippen LogP contribution in [0.4, 0.5) is 0 Å². The van der Waals surface area contributed by atoms with Crippen molar-refractivity contribution in [1.82, 2.24) is 19.6 Å². The van der Waals surface area contributed by atoms with E-state index in [4.69, 9.17) is 5.73 Å². The van der Waals surface area contributed by atoms with Crippen LogP contribution >= 0.6 is 0 Å². The predicted octanol–water partition coefficient (Wildman–Crippen LogP) is 0.878. The predicted molar refractivity (Wildman–Crippen MR) is 62.2 cm³/mol. The van der Waals surface area contributed by atoms with Crippen molar-refractivity contribution in [3.05, 3.63) is 23.3 Å². The van der Waals surface area contributed by atoms with Crippen LogP contribution in [0.5, 0.6) is 0 Å². The second kappa shape index (κ2) is 4.17. The molecule has 2 rings (SSSR count). The summed E-state index contributed by atoms with van der Waals surface area (Å²) in [5.41, 5.74) is 7.71. The zero-order valence-electron chi connectivity index (χ0n) is 9.94. The van der Waals surface area contributed by atoms with Crippen molar-refractivity contribution in [2.45, 2.75) is 27.2 Å². The summed E-state index contributed by atoms with van der Waals surface area (Å²) in [6, 6.07) is 2.03. The van der Waals surface area contributed by atoms with Crippen LogP contribution in [0.25, 0.3) is 5.78 Å². The lowest BCUT2D eigenvalue weighted by Crippen LogP contribution is -2.15. The minimum absolute atomic E-state index is 0.410. The van der Waals surface area contributed by atoms with Crippen molar-refractivity contribution >= 4 is 5.78 Å². The Balaban J connectivity index is 2.48. The first kappa shape index (κ1) is 11.0. The number of hydrogen-bond acceptors (Lipinski definition) is 4. The van der Waals surface area contributed by atoms with Gasteiger partial charge in [-0.05, 0) is 32.4 Å². The fourth-order valence-electron chi connectivity index (χ4n) is 1.82. The number of aromatic nitrogens is 4. The molecule has 2 N–H and O–H groups in total. The van der Waals surface area contributed by atoms with E-state index >= 15 is 0 Å². The molecule has 2 aromatic rings. The molecule has 16 heavy (non-hydrogen) atoms. The summed E-state index contributed by atoms with van der Waals surface area (Å²) in [5.74, 6) is 2.03. The summed E-state index contributed by atoms with van der Waals surface area (Å²) < 4.78 is 2.00. The molecule has 0 aliphatic rings. The van der Waals surface area contributed by atoms with Gasteiger partial charge in [-0.3, -0.25) is 4.40 Å². The third kappa shape index (κ3) is 1.90. The molecule has 0 aliphatic heterocycles. The van der Waals surface area contributed by atoms with Crippen LogP contribution in [-0.4, -0.2) is 26.1 Å². The van der Waals surface area contributed by atoms with E-state index in [1.54, 1.807) is 0 Å². The second-order valence-electron chi connectivity index (χ2n) is 4.34. The molecule has 0 bridgehead atoms. The Hall–Kier alpha value is -1.49. The standard InChI is InChI=1S/C11H17N5/c1-7(6-12)4-10-14-15-11-13-8(2)5-9(3)16(10)11/h5,7H,4,6,12H2,1-3H3. The summed E-state index contributed by atoms with van der Waals surface area (Å²) in [4.78, 5) is 4.35. The van der Waals surface area contributed by atoms with Crippen molar-refractivity contribution in [3.63, 3.8) is 0 Å². The summed E-state index contributed by atoms with van der Waals surface area (Å²) in [6.45, 7) is 6.77. The van der Waals surface area contributed by atoms with E-state index < -0.39 is 0 Å². The largest absolute Gasteiger partial charge is 0.330 e. The quantitative estimate of drug-likeness (QED) is 0.832. The van der Waals surface area contributed by atoms with Crippen LogP contribution in [-0.2, 0) is 6.42 Å². The molecule has 0 radical (unpaired) electrons. The first-order valence-electron chi connectivity index (χ1n) is 5.50. The van der Waals surface area contributed by atoms with Crippen LogP contribution in [0.15, 0.2) is 6.07 Å². The normalized spacial score (nSPS) is 13.2. The molecule has 5 heteroatoms. The van der Waals surface area contributed by atoms with Gasteiger partial charge in [-0.1, -0.05) is 6.92 Å². The van der Waals surface area contributed by atoms with Gasteiger partial charge in [0.2, 0.25) is 0 Å². The number of aryl methyl sites for hydroxylation is 2. The summed E-state index contributed by atoms with van der Waals surface area (Å²) in [7, 11) is 0. The monoisotopic (exact) mass is 219 g/mol. The molecule has 5 nitrogen and oxygen atoms in total. The number of nitrogens with zero attached hydrogens (tertiary/aromatic N) is 4. The highest BCUT2D eigenvalue weighted by Crippen LogP contribution is 2.11. The van der Waals surface area contributed by atoms with Crippen LogP contribution in [0.3, 0.4) is 0 Å². The average molecular weight is 219 g/mol. The molecular formula is C11H17N5. The second-order valence-corrected chi connectivity index (χ2v) is 4.34. The van der Waals surface area contributed by atoms with Gasteiger partial charge in [-0.15, -0.1) is 10.2 Å². The molecule has 1 unspecified atom stereocenters. The highest BCUT2D eigenvalue weighted by Gasteiger charge is 2.11. The molecule has 0 fully saturated rings. The van der Waals surface area contributed by atoms with Crippen LogP contribution in [0, 0.1) is 19.8 Å². The van der Waals surface area contributed by atoms with E-state index in [2.05, 4.69) is 22.1 Å². The molecule has 86 valence electrons. The van der Waals surface area contributed by atoms with Gasteiger partial charge in [0, 0.05) is 17.8 Å². The van der Waals surface area contributed by atoms with Crippen molar-refractivity contribution < 1.29 is 0 Å². The minimum atomic E-state index is 0.410. The van der Waals surface area contributed by atoms with Gasteiger partial charge in [0.1, 0.15) is 5.82 Å². The van der Waals surface area contributed by atoms with Gasteiger partial charge in [-0.2, -0.15) is 0 Å². The highest BCUT2D eigenvalue weighted by molar-refractivity contribution is 5.32. The molecule has 0 amide bonds. The van der Waals surface area contributed by atoms with E-state index in [0.29, 0.717) is 18.2 Å². The average Bonchev–Trinajstić information content (AvgIpc) is 2.61. The van der Waals surface area contributed by atoms with Crippen molar-refractivity contribution in [3.8, 4) is 0 Å². The van der Waals surface area contributed by atoms with E-state index in [9.17, 15) is 0 Å². The SMILES string of the molecule is Cc1cc(C)n2c(CC(C)CN)nnc2n1. The van der Waals surface area contributed by atoms with Crippen molar-refractivity contribution in [2.24, 2.45) is 11.7 Å². The molecule has 0 spiro atoms. The molecule has 0 saturated heterocycles. The van der Waals surface area contributed by atoms with Crippen LogP contribution < -0.4 is 5.73 Å². The topological polar surface area (TPSA) is 69.1 Å². The third-order valence-corrected chi connectivity index (χ3v) is 2.69. The van der Waals surface area contributed by atoms with Gasteiger partial charge in [0.05, 0.1) is 0 Å². The maximum absolute atomic E-state index is 5.62. The summed E-state index contributed by atoms with van der Waals surface area (Å²) >= 11 is 0. The maximum Gasteiger partial charge on any atom is 0.255 e. The lowest BCUT2D eigenvalue weighted by Gasteiger charge is -2.08. The zero-order chi connectivity index (χ0) is 11.7. The molecule has 1 atom stereocenters. The van der Waals surface area contributed by atoms with E-state index in [0.717, 1.165) is 23.6 Å². The summed E-state index contributed by atoms with van der Waals surface area (Å²) in [5, 5.41) is 8.27. The van der Waals surface area contributed by atoms with Crippen molar-refractivity contribution in [1.29, 1.82) is 0 Å². The van der Waals surface area contributed by atoms with Gasteiger partial charge in [0.25, 0.3) is 5.78 Å². The number of fused-ring (bicyclic) bond motifs is 1. The Labute approximate surface area is 94.7 Å². The zero-order valence-corrected chi connectivity index (χ0v) is 9.94. The smallest absolute Gasteiger partial charge is 0.255 e. The molecule has 2 aromatic heterocycles. The van der Waals surface area contributed by atoms with E-state index in [1.807, 2.05) is 24.3 Å². The fourth-order valence-corrected chi connectivity index (χ4v) is 1.82. The first-order valence-corrected chi connectivity index (χ1v) is 5.50. The molecule has 0 aliphatic carbocycles. The van der Waals surface area contributed by atoms with Gasteiger partial charge in [-0.25, -0.2) is 4.98 Å². The fraction of sp³-hybridized carbons (Fsp3) is 0.545. The number of nitrogens with two attached hydrogens (primary N) is 1. The Kier molecular flexibility index (Phi) is 2.87. The Morgan fingerprint density at radius 1 is 1.38 bits per heavy atom.